The molecule has 0 aliphatic rings. The highest BCUT2D eigenvalue weighted by Crippen LogP contribution is 2.22. The van der Waals surface area contributed by atoms with Gasteiger partial charge in [-0.1, -0.05) is 72.2 Å². The highest BCUT2D eigenvalue weighted by Gasteiger charge is 2.30. The second-order valence-corrected chi connectivity index (χ2v) is 23.0. The number of hydrogen-bond acceptors (Lipinski definition) is 16. The zero-order valence-electron chi connectivity index (χ0n) is 50.7. The van der Waals surface area contributed by atoms with E-state index >= 15 is 0 Å². The maximum Gasteiger partial charge on any atom is 0.323 e. The Balaban J connectivity index is 0.000000582. The molecule has 18 heteroatoms. The van der Waals surface area contributed by atoms with Crippen LogP contribution in [0.3, 0.4) is 0 Å². The molecule has 448 valence electrons. The van der Waals surface area contributed by atoms with Crippen LogP contribution in [0.4, 0.5) is 0 Å². The second kappa shape index (κ2) is 36.4. The first-order chi connectivity index (χ1) is 40.0. The van der Waals surface area contributed by atoms with Gasteiger partial charge in [0.1, 0.15) is 34.5 Å². The standard InChI is InChI=1S/C22H27NO4.C18H19NO4.C16H18N2O2.C12H10N2O2/c1-21(2,3)26-19(24)15-18(20(25)27-22(4,5)6)14-17-11-9-16(10-12-17)8-7-13-23;1-18(2,3)23-16(20)12-15(17(21)22)11-14-8-6-13(7-9-14)5-4-10-19;1-16(2,3)20-15(19)14(18)11-13-8-6-12(7-9-13)5-4-10-17;13-7-1-2-9-3-5-10(6-4-9)8-11(14)12(15)16/h9-12,18H,14-15H2,1-6H3;6-9,15H,11-12H2,1-3H3,(H,21,22);6-9,14H,11,18H2,1-3H3;3-6,11H,8,14H2,(H,15,16). The van der Waals surface area contributed by atoms with E-state index in [2.05, 4.69) is 47.4 Å². The Morgan fingerprint density at radius 3 is 0.907 bits per heavy atom. The molecule has 0 radical (unpaired) electrons. The molecule has 4 atom stereocenters. The van der Waals surface area contributed by atoms with Gasteiger partial charge in [-0.2, -0.15) is 21.0 Å². The number of carboxylic acids is 2. The van der Waals surface area contributed by atoms with Crippen molar-refractivity contribution in [3.63, 3.8) is 0 Å². The minimum Gasteiger partial charge on any atom is -0.481 e. The first-order valence-electron chi connectivity index (χ1n) is 26.9. The summed E-state index contributed by atoms with van der Waals surface area (Å²) in [6, 6.07) is 33.7. The van der Waals surface area contributed by atoms with Gasteiger partial charge in [-0.05, 0) is 180 Å². The molecule has 0 saturated carbocycles. The highest BCUT2D eigenvalue weighted by molar-refractivity contribution is 5.81. The van der Waals surface area contributed by atoms with Crippen molar-refractivity contribution in [2.24, 2.45) is 23.3 Å². The van der Waals surface area contributed by atoms with Gasteiger partial charge in [-0.25, -0.2) is 0 Å². The van der Waals surface area contributed by atoms with E-state index in [0.717, 1.165) is 27.8 Å². The third kappa shape index (κ3) is 35.0. The minimum absolute atomic E-state index is 0.0534. The molecule has 0 aromatic heterocycles. The maximum absolute atomic E-state index is 12.6. The number of nitrogens with two attached hydrogens (primary N) is 2. The minimum atomic E-state index is -1.04. The number of esters is 4. The molecule has 4 aromatic carbocycles. The molecule has 0 saturated heterocycles. The average Bonchev–Trinajstić information content (AvgIpc) is 3.55. The summed E-state index contributed by atoms with van der Waals surface area (Å²) < 4.78 is 21.2. The van der Waals surface area contributed by atoms with Crippen molar-refractivity contribution in [3.8, 4) is 71.6 Å². The summed E-state index contributed by atoms with van der Waals surface area (Å²) in [4.78, 5) is 70.3. The van der Waals surface area contributed by atoms with Crippen LogP contribution in [0, 0.1) is 105 Å². The largest absolute Gasteiger partial charge is 0.481 e. The zero-order chi connectivity index (χ0) is 65.3. The monoisotopic (exact) mass is 1170 g/mol. The Labute approximate surface area is 505 Å². The number of carbonyl (C=O) groups is 6. The molecule has 0 spiro atoms. The topological polar surface area (TPSA) is 327 Å². The summed E-state index contributed by atoms with van der Waals surface area (Å²) in [6.07, 6.45) is 1.02. The van der Waals surface area contributed by atoms with Crippen LogP contribution in [0.5, 0.6) is 0 Å². The normalized spacial score (nSPS) is 11.7. The Morgan fingerprint density at radius 2 is 0.640 bits per heavy atom. The summed E-state index contributed by atoms with van der Waals surface area (Å²) in [6.45, 7) is 21.4. The fourth-order valence-electron chi connectivity index (χ4n) is 6.96. The van der Waals surface area contributed by atoms with Crippen LogP contribution in [0.25, 0.3) is 0 Å². The van der Waals surface area contributed by atoms with Gasteiger partial charge in [0.25, 0.3) is 0 Å². The van der Waals surface area contributed by atoms with E-state index in [1.807, 2.05) is 24.3 Å². The van der Waals surface area contributed by atoms with Crippen molar-refractivity contribution < 1.29 is 57.9 Å². The van der Waals surface area contributed by atoms with Crippen LogP contribution in [-0.2, 0) is 73.4 Å². The predicted molar refractivity (Wildman–Crippen MR) is 321 cm³/mol. The molecule has 0 heterocycles. The van der Waals surface area contributed by atoms with E-state index < -0.39 is 82.1 Å². The van der Waals surface area contributed by atoms with Gasteiger partial charge in [-0.3, -0.25) is 28.8 Å². The summed E-state index contributed by atoms with van der Waals surface area (Å²) in [5.41, 5.74) is 15.1. The Kier molecular flexibility index (Phi) is 31.3. The Hall–Kier alpha value is -10.2. The number of nitriles is 4. The number of nitrogens with zero attached hydrogens (tertiary/aromatic N) is 4. The van der Waals surface area contributed by atoms with Gasteiger partial charge in [0.15, 0.2) is 24.3 Å². The third-order valence-corrected chi connectivity index (χ3v) is 10.5. The van der Waals surface area contributed by atoms with E-state index in [-0.39, 0.29) is 25.7 Å². The van der Waals surface area contributed by atoms with Crippen LogP contribution in [0.1, 0.15) is 140 Å². The number of carboxylic acid groups (broad SMARTS) is 2. The smallest absolute Gasteiger partial charge is 0.323 e. The predicted octanol–water partition coefficient (Wildman–Crippen LogP) is 8.62. The lowest BCUT2D eigenvalue weighted by Gasteiger charge is -2.25. The highest BCUT2D eigenvalue weighted by atomic mass is 16.6. The van der Waals surface area contributed by atoms with Crippen molar-refractivity contribution in [1.82, 2.24) is 0 Å². The van der Waals surface area contributed by atoms with E-state index in [1.54, 1.807) is 180 Å². The lowest BCUT2D eigenvalue weighted by atomic mass is 9.95. The van der Waals surface area contributed by atoms with Crippen LogP contribution in [-0.4, -0.2) is 80.5 Å². The Morgan fingerprint density at radius 1 is 0.384 bits per heavy atom. The van der Waals surface area contributed by atoms with E-state index in [9.17, 15) is 33.9 Å². The maximum atomic E-state index is 12.6. The molecule has 0 bridgehead atoms. The molecular weight excluding hydrogens is 1090 g/mol. The molecule has 18 nitrogen and oxygen atoms in total. The molecule has 0 amide bonds. The van der Waals surface area contributed by atoms with Crippen LogP contribution in [0.2, 0.25) is 0 Å². The number of ether oxygens (including phenoxy) is 4. The quantitative estimate of drug-likeness (QED) is 0.0463. The van der Waals surface area contributed by atoms with Gasteiger partial charge >= 0.3 is 35.8 Å². The second-order valence-electron chi connectivity index (χ2n) is 23.0. The number of rotatable bonds is 16. The van der Waals surface area contributed by atoms with Gasteiger partial charge in [0.2, 0.25) is 0 Å². The first kappa shape index (κ1) is 73.8. The van der Waals surface area contributed by atoms with Crippen molar-refractivity contribution in [2.75, 3.05) is 0 Å². The van der Waals surface area contributed by atoms with Gasteiger partial charge in [0.05, 0.1) is 24.7 Å². The molecule has 4 rings (SSSR count). The molecule has 0 fully saturated rings. The van der Waals surface area contributed by atoms with Gasteiger partial charge in [0, 0.05) is 45.9 Å². The van der Waals surface area contributed by atoms with Crippen LogP contribution < -0.4 is 11.5 Å². The molecular formula is C68H74N6O12. The van der Waals surface area contributed by atoms with Crippen molar-refractivity contribution in [3.05, 3.63) is 142 Å². The van der Waals surface area contributed by atoms with E-state index in [0.29, 0.717) is 29.5 Å². The number of benzene rings is 4. The van der Waals surface area contributed by atoms with Crippen LogP contribution >= 0.6 is 0 Å². The number of aliphatic carboxylic acids is 2. The van der Waals surface area contributed by atoms with Gasteiger partial charge < -0.3 is 40.6 Å². The van der Waals surface area contributed by atoms with Gasteiger partial charge in [-0.15, -0.1) is 0 Å². The molecule has 6 N–H and O–H groups in total. The number of hydrogen-bond donors (Lipinski definition) is 4. The van der Waals surface area contributed by atoms with E-state index in [1.165, 1.54) is 0 Å². The Bertz CT molecular complexity index is 3380. The summed E-state index contributed by atoms with van der Waals surface area (Å²) in [7, 11) is 0. The van der Waals surface area contributed by atoms with Crippen LogP contribution in [0.15, 0.2) is 97.1 Å². The zero-order valence-corrected chi connectivity index (χ0v) is 50.7. The molecule has 0 aliphatic heterocycles. The SMILES string of the molecule is CC(C)(C)OC(=O)C(N)Cc1ccc(C#CC#N)cc1.CC(C)(C)OC(=O)CC(Cc1ccc(C#CC#N)cc1)C(=O)O.CC(C)(C)OC(=O)CC(Cc1ccc(C#CC#N)cc1)C(=O)OC(C)(C)C.N#CC#Cc1ccc(CC(N)C(=O)O)cc1. The lowest BCUT2D eigenvalue weighted by molar-refractivity contribution is -0.167. The first-order valence-corrected chi connectivity index (χ1v) is 26.9. The lowest BCUT2D eigenvalue weighted by Crippen LogP contribution is -2.38. The van der Waals surface area contributed by atoms with Crippen molar-refractivity contribution in [2.45, 2.75) is 156 Å². The van der Waals surface area contributed by atoms with Crippen molar-refractivity contribution in [1.29, 1.82) is 21.0 Å². The fourth-order valence-corrected chi connectivity index (χ4v) is 6.96. The third-order valence-electron chi connectivity index (χ3n) is 10.5. The number of carbonyl (C=O) groups excluding carboxylic acids is 4. The average molecular weight is 1170 g/mol. The fraction of sp³-hybridized carbons (Fsp3) is 0.382. The molecule has 4 unspecified atom stereocenters. The summed E-state index contributed by atoms with van der Waals surface area (Å²) in [5, 5.41) is 51.4. The molecule has 0 aliphatic carbocycles. The summed E-state index contributed by atoms with van der Waals surface area (Å²) >= 11 is 0. The van der Waals surface area contributed by atoms with E-state index in [4.69, 9.17) is 56.6 Å². The van der Waals surface area contributed by atoms with Crippen molar-refractivity contribution >= 4 is 35.8 Å². The molecule has 86 heavy (non-hydrogen) atoms. The summed E-state index contributed by atoms with van der Waals surface area (Å²) in [5.74, 6) is 14.6. The molecule has 4 aromatic rings.